The Morgan fingerprint density at radius 3 is 2.42 bits per heavy atom. The zero-order valence-corrected chi connectivity index (χ0v) is 18.6. The predicted octanol–water partition coefficient (Wildman–Crippen LogP) is 4.40. The number of fused-ring (bicyclic) bond motifs is 1. The monoisotopic (exact) mass is 417 g/mol. The number of nitrogens with one attached hydrogen (secondary N) is 2. The van der Waals surface area contributed by atoms with Crippen molar-refractivity contribution in [2.24, 2.45) is 5.92 Å². The van der Waals surface area contributed by atoms with E-state index in [0.29, 0.717) is 11.9 Å². The van der Waals surface area contributed by atoms with E-state index in [1.54, 1.807) is 0 Å². The number of carbonyl (C=O) groups is 1. The van der Waals surface area contributed by atoms with E-state index in [1.165, 1.54) is 0 Å². The van der Waals surface area contributed by atoms with Crippen molar-refractivity contribution in [3.8, 4) is 0 Å². The number of nitrogens with zero attached hydrogens (tertiary/aromatic N) is 3. The maximum Gasteiger partial charge on any atom is 0.251 e. The highest BCUT2D eigenvalue weighted by molar-refractivity contribution is 5.94. The van der Waals surface area contributed by atoms with Crippen LogP contribution in [0.4, 0.5) is 11.8 Å². The van der Waals surface area contributed by atoms with Crippen LogP contribution in [0.5, 0.6) is 0 Å². The smallest absolute Gasteiger partial charge is 0.251 e. The largest absolute Gasteiger partial charge is 0.362 e. The summed E-state index contributed by atoms with van der Waals surface area (Å²) in [4.78, 5) is 23.9. The molecule has 6 nitrogen and oxygen atoms in total. The quantitative estimate of drug-likeness (QED) is 0.622. The third-order valence-corrected chi connectivity index (χ3v) is 6.05. The average molecular weight is 418 g/mol. The van der Waals surface area contributed by atoms with Gasteiger partial charge >= 0.3 is 0 Å². The van der Waals surface area contributed by atoms with Gasteiger partial charge in [-0.2, -0.15) is 4.98 Å². The van der Waals surface area contributed by atoms with Crippen molar-refractivity contribution < 1.29 is 4.79 Å². The Hall–Kier alpha value is -3.15. The number of benzene rings is 2. The molecule has 1 aliphatic carbocycles. The van der Waals surface area contributed by atoms with Crippen molar-refractivity contribution in [2.75, 3.05) is 30.9 Å². The second-order valence-corrected chi connectivity index (χ2v) is 8.72. The van der Waals surface area contributed by atoms with Crippen LogP contribution in [0.25, 0.3) is 10.9 Å². The Kier molecular flexibility index (Phi) is 6.35. The first kappa shape index (κ1) is 21.1. The summed E-state index contributed by atoms with van der Waals surface area (Å²) in [5, 5.41) is 7.71. The van der Waals surface area contributed by atoms with Gasteiger partial charge in [-0.1, -0.05) is 29.8 Å². The molecule has 1 amide bonds. The molecule has 31 heavy (non-hydrogen) atoms. The van der Waals surface area contributed by atoms with Gasteiger partial charge in [-0.25, -0.2) is 4.98 Å². The second kappa shape index (κ2) is 9.33. The zero-order valence-electron chi connectivity index (χ0n) is 18.6. The van der Waals surface area contributed by atoms with Gasteiger partial charge in [-0.15, -0.1) is 0 Å². The molecule has 0 radical (unpaired) electrons. The normalized spacial score (nSPS) is 18.5. The van der Waals surface area contributed by atoms with E-state index in [9.17, 15) is 4.79 Å². The maximum absolute atomic E-state index is 12.5. The fourth-order valence-corrected chi connectivity index (χ4v) is 4.20. The van der Waals surface area contributed by atoms with Gasteiger partial charge in [-0.05, 0) is 62.8 Å². The molecule has 3 aromatic rings. The third-order valence-electron chi connectivity index (χ3n) is 6.05. The molecule has 2 aromatic carbocycles. The summed E-state index contributed by atoms with van der Waals surface area (Å²) < 4.78 is 0. The van der Waals surface area contributed by atoms with Crippen molar-refractivity contribution in [1.29, 1.82) is 0 Å². The SMILES string of the molecule is Cc1ccc(C(=O)NC2CCC(CNc3nc(N(C)C)c4ccccc4n3)CC2)cc1. The molecule has 1 aliphatic rings. The highest BCUT2D eigenvalue weighted by atomic mass is 16.1. The van der Waals surface area contributed by atoms with Gasteiger partial charge in [0.25, 0.3) is 5.91 Å². The summed E-state index contributed by atoms with van der Waals surface area (Å²) in [6.45, 7) is 2.88. The van der Waals surface area contributed by atoms with Crippen molar-refractivity contribution in [1.82, 2.24) is 15.3 Å². The number of aryl methyl sites for hydroxylation is 1. The van der Waals surface area contributed by atoms with Crippen LogP contribution in [0.3, 0.4) is 0 Å². The maximum atomic E-state index is 12.5. The first-order chi connectivity index (χ1) is 15.0. The molecular formula is C25H31N5O. The lowest BCUT2D eigenvalue weighted by Gasteiger charge is -2.29. The Morgan fingerprint density at radius 2 is 1.71 bits per heavy atom. The van der Waals surface area contributed by atoms with E-state index in [4.69, 9.17) is 9.97 Å². The molecule has 4 rings (SSSR count). The summed E-state index contributed by atoms with van der Waals surface area (Å²) in [6, 6.07) is 16.1. The minimum Gasteiger partial charge on any atom is -0.362 e. The van der Waals surface area contributed by atoms with Crippen molar-refractivity contribution in [3.05, 3.63) is 59.7 Å². The molecule has 6 heteroatoms. The van der Waals surface area contributed by atoms with E-state index >= 15 is 0 Å². The van der Waals surface area contributed by atoms with Crippen LogP contribution in [0.1, 0.15) is 41.6 Å². The Balaban J connectivity index is 1.30. The highest BCUT2D eigenvalue weighted by Crippen LogP contribution is 2.27. The van der Waals surface area contributed by atoms with Gasteiger partial charge in [0, 0.05) is 37.6 Å². The Morgan fingerprint density at radius 1 is 1.00 bits per heavy atom. The topological polar surface area (TPSA) is 70.2 Å². The van der Waals surface area contributed by atoms with E-state index < -0.39 is 0 Å². The molecule has 1 aromatic heterocycles. The lowest BCUT2D eigenvalue weighted by molar-refractivity contribution is 0.0922. The number of anilines is 2. The molecular weight excluding hydrogens is 386 g/mol. The molecule has 0 saturated heterocycles. The van der Waals surface area contributed by atoms with Crippen LogP contribution >= 0.6 is 0 Å². The number of hydrogen-bond acceptors (Lipinski definition) is 5. The lowest BCUT2D eigenvalue weighted by atomic mass is 9.86. The van der Waals surface area contributed by atoms with E-state index in [2.05, 4.69) is 16.7 Å². The molecule has 0 spiro atoms. The summed E-state index contributed by atoms with van der Waals surface area (Å²) in [5.74, 6) is 2.19. The van der Waals surface area contributed by atoms with Gasteiger partial charge < -0.3 is 15.5 Å². The van der Waals surface area contributed by atoms with Crippen LogP contribution in [0.15, 0.2) is 48.5 Å². The summed E-state index contributed by atoms with van der Waals surface area (Å²) in [6.07, 6.45) is 4.18. The molecule has 0 unspecified atom stereocenters. The minimum atomic E-state index is 0.0300. The molecule has 1 saturated carbocycles. The fraction of sp³-hybridized carbons (Fsp3) is 0.400. The summed E-state index contributed by atoms with van der Waals surface area (Å²) in [5.41, 5.74) is 2.85. The van der Waals surface area contributed by atoms with E-state index in [0.717, 1.165) is 60.1 Å². The first-order valence-corrected chi connectivity index (χ1v) is 11.0. The van der Waals surface area contributed by atoms with Crippen LogP contribution in [0, 0.1) is 12.8 Å². The van der Waals surface area contributed by atoms with Crippen molar-refractivity contribution in [3.63, 3.8) is 0 Å². The third kappa shape index (κ3) is 5.13. The first-order valence-electron chi connectivity index (χ1n) is 11.0. The molecule has 2 N–H and O–H groups in total. The number of para-hydroxylation sites is 1. The van der Waals surface area contributed by atoms with Crippen LogP contribution in [0.2, 0.25) is 0 Å². The predicted molar refractivity (Wildman–Crippen MR) is 127 cm³/mol. The van der Waals surface area contributed by atoms with Crippen LogP contribution in [-0.4, -0.2) is 42.6 Å². The van der Waals surface area contributed by atoms with E-state index in [-0.39, 0.29) is 11.9 Å². The van der Waals surface area contributed by atoms with Crippen molar-refractivity contribution >= 4 is 28.6 Å². The molecule has 0 bridgehead atoms. The van der Waals surface area contributed by atoms with Gasteiger partial charge in [0.05, 0.1) is 5.52 Å². The lowest BCUT2D eigenvalue weighted by Crippen LogP contribution is -2.38. The van der Waals surface area contributed by atoms with Gasteiger partial charge in [-0.3, -0.25) is 4.79 Å². The molecule has 1 fully saturated rings. The highest BCUT2D eigenvalue weighted by Gasteiger charge is 2.23. The molecule has 0 atom stereocenters. The standard InChI is InChI=1S/C25H31N5O/c1-17-8-12-19(13-9-17)24(31)27-20-14-10-18(11-15-20)16-26-25-28-22-7-5-4-6-21(22)23(29-25)30(2)3/h4-9,12-13,18,20H,10-11,14-16H2,1-3H3,(H,27,31)(H,26,28,29). The van der Waals surface area contributed by atoms with Gasteiger partial charge in [0.2, 0.25) is 5.95 Å². The van der Waals surface area contributed by atoms with Crippen molar-refractivity contribution in [2.45, 2.75) is 38.6 Å². The molecule has 162 valence electrons. The number of amides is 1. The average Bonchev–Trinajstić information content (AvgIpc) is 2.78. The van der Waals surface area contributed by atoms with Gasteiger partial charge in [0.1, 0.15) is 5.82 Å². The number of rotatable bonds is 6. The Labute approximate surface area is 184 Å². The van der Waals surface area contributed by atoms with Crippen LogP contribution in [-0.2, 0) is 0 Å². The van der Waals surface area contributed by atoms with Gasteiger partial charge in [0.15, 0.2) is 0 Å². The van der Waals surface area contributed by atoms with E-state index in [1.807, 2.05) is 68.4 Å². The summed E-state index contributed by atoms with van der Waals surface area (Å²) in [7, 11) is 4.01. The number of aromatic nitrogens is 2. The summed E-state index contributed by atoms with van der Waals surface area (Å²) >= 11 is 0. The fourth-order valence-electron chi connectivity index (χ4n) is 4.20. The second-order valence-electron chi connectivity index (χ2n) is 8.72. The molecule has 1 heterocycles. The zero-order chi connectivity index (χ0) is 21.8. The Bertz CT molecular complexity index is 1040. The number of hydrogen-bond donors (Lipinski definition) is 2. The number of carbonyl (C=O) groups excluding carboxylic acids is 1. The molecule has 0 aliphatic heterocycles. The minimum absolute atomic E-state index is 0.0300. The van der Waals surface area contributed by atoms with Crippen LogP contribution < -0.4 is 15.5 Å².